The number of rotatable bonds is 2. The fourth-order valence-electron chi connectivity index (χ4n) is 1.22. The molecule has 1 nitrogen and oxygen atoms in total. The predicted octanol–water partition coefficient (Wildman–Crippen LogP) is 4.60. The molecule has 3 heteroatoms. The Kier molecular flexibility index (Phi) is 3.08. The van der Waals surface area contributed by atoms with E-state index in [1.807, 2.05) is 36.4 Å². The molecule has 0 aliphatic carbocycles. The van der Waals surface area contributed by atoms with Gasteiger partial charge in [0.1, 0.15) is 11.5 Å². The lowest BCUT2D eigenvalue weighted by Gasteiger charge is -1.96. The van der Waals surface area contributed by atoms with E-state index in [0.29, 0.717) is 0 Å². The molecule has 72 valence electrons. The molecule has 0 fully saturated rings. The summed E-state index contributed by atoms with van der Waals surface area (Å²) >= 11 is 6.75. The van der Waals surface area contributed by atoms with Crippen molar-refractivity contribution in [1.29, 1.82) is 0 Å². The van der Waals surface area contributed by atoms with Crippen molar-refractivity contribution in [3.8, 4) is 11.3 Å². The predicted molar refractivity (Wildman–Crippen MR) is 64.5 cm³/mol. The van der Waals surface area contributed by atoms with Crippen LogP contribution in [-0.2, 0) is 5.33 Å². The van der Waals surface area contributed by atoms with Gasteiger partial charge >= 0.3 is 0 Å². The van der Waals surface area contributed by atoms with Crippen molar-refractivity contribution in [2.45, 2.75) is 5.33 Å². The molecule has 0 spiro atoms. The summed E-state index contributed by atoms with van der Waals surface area (Å²) in [7, 11) is 0. The van der Waals surface area contributed by atoms with E-state index in [9.17, 15) is 0 Å². The van der Waals surface area contributed by atoms with Crippen LogP contribution in [-0.4, -0.2) is 0 Å². The first-order chi connectivity index (χ1) is 6.79. The Balaban J connectivity index is 2.34. The number of furan rings is 1. The largest absolute Gasteiger partial charge is 0.460 e. The van der Waals surface area contributed by atoms with Crippen molar-refractivity contribution in [3.63, 3.8) is 0 Å². The maximum Gasteiger partial charge on any atom is 0.134 e. The first-order valence-corrected chi connectivity index (χ1v) is 6.11. The lowest BCUT2D eigenvalue weighted by molar-refractivity contribution is 0.545. The van der Waals surface area contributed by atoms with Crippen molar-refractivity contribution < 1.29 is 4.42 Å². The molecule has 2 aromatic rings. The molecule has 14 heavy (non-hydrogen) atoms. The normalized spacial score (nSPS) is 10.4. The molecule has 2 rings (SSSR count). The summed E-state index contributed by atoms with van der Waals surface area (Å²) in [6, 6.07) is 12.0. The summed E-state index contributed by atoms with van der Waals surface area (Å²) in [5, 5.41) is 0.754. The van der Waals surface area contributed by atoms with E-state index in [0.717, 1.165) is 26.9 Å². The highest BCUT2D eigenvalue weighted by molar-refractivity contribution is 9.10. The second-order valence-electron chi connectivity index (χ2n) is 2.91. The molecule has 0 saturated heterocycles. The average Bonchev–Trinajstić information content (AvgIpc) is 2.67. The molecule has 0 unspecified atom stereocenters. The highest BCUT2D eigenvalue weighted by Crippen LogP contribution is 2.24. The topological polar surface area (TPSA) is 13.1 Å². The highest BCUT2D eigenvalue weighted by atomic mass is 79.9. The van der Waals surface area contributed by atoms with Gasteiger partial charge in [-0.05, 0) is 24.3 Å². The molecule has 0 aliphatic rings. The Hall–Kier alpha value is -0.540. The second kappa shape index (κ2) is 4.32. The Bertz CT molecular complexity index is 417. The van der Waals surface area contributed by atoms with E-state index in [1.165, 1.54) is 0 Å². The van der Waals surface area contributed by atoms with Crippen LogP contribution < -0.4 is 0 Å². The zero-order valence-electron chi connectivity index (χ0n) is 7.34. The monoisotopic (exact) mass is 314 g/mol. The van der Waals surface area contributed by atoms with Gasteiger partial charge in [-0.1, -0.05) is 44.0 Å². The van der Waals surface area contributed by atoms with Crippen molar-refractivity contribution in [1.82, 2.24) is 0 Å². The van der Waals surface area contributed by atoms with Gasteiger partial charge < -0.3 is 4.42 Å². The summed E-state index contributed by atoms with van der Waals surface area (Å²) < 4.78 is 6.67. The minimum absolute atomic E-state index is 0.754. The number of halogens is 2. The summed E-state index contributed by atoms with van der Waals surface area (Å²) in [6.45, 7) is 0. The van der Waals surface area contributed by atoms with E-state index in [4.69, 9.17) is 4.42 Å². The quantitative estimate of drug-likeness (QED) is 0.738. The SMILES string of the molecule is BrCc1ccc(-c2ccc(Br)cc2)o1. The Morgan fingerprint density at radius 2 is 1.71 bits per heavy atom. The van der Waals surface area contributed by atoms with Gasteiger partial charge in [0.25, 0.3) is 0 Å². The molecule has 0 saturated carbocycles. The zero-order valence-corrected chi connectivity index (χ0v) is 10.5. The van der Waals surface area contributed by atoms with Gasteiger partial charge in [0.15, 0.2) is 0 Å². The van der Waals surface area contributed by atoms with Crippen LogP contribution in [0.1, 0.15) is 5.76 Å². The molecule has 1 heterocycles. The standard InChI is InChI=1S/C11H8Br2O/c12-7-10-5-6-11(14-10)8-1-3-9(13)4-2-8/h1-6H,7H2. The van der Waals surface area contributed by atoms with Gasteiger partial charge in [0.2, 0.25) is 0 Å². The van der Waals surface area contributed by atoms with Crippen LogP contribution in [0.15, 0.2) is 45.3 Å². The van der Waals surface area contributed by atoms with E-state index < -0.39 is 0 Å². The van der Waals surface area contributed by atoms with Crippen molar-refractivity contribution in [3.05, 3.63) is 46.6 Å². The lowest BCUT2D eigenvalue weighted by Crippen LogP contribution is -1.72. The van der Waals surface area contributed by atoms with Crippen LogP contribution >= 0.6 is 31.9 Å². The Morgan fingerprint density at radius 1 is 1.00 bits per heavy atom. The van der Waals surface area contributed by atoms with E-state index in [1.54, 1.807) is 0 Å². The fourth-order valence-corrected chi connectivity index (χ4v) is 1.78. The van der Waals surface area contributed by atoms with Gasteiger partial charge in [-0.2, -0.15) is 0 Å². The third kappa shape index (κ3) is 2.10. The molecule has 0 aliphatic heterocycles. The van der Waals surface area contributed by atoms with Gasteiger partial charge in [-0.15, -0.1) is 0 Å². The Morgan fingerprint density at radius 3 is 2.29 bits per heavy atom. The Labute approximate surface area is 99.4 Å². The minimum Gasteiger partial charge on any atom is -0.460 e. The molecule has 1 aromatic heterocycles. The van der Waals surface area contributed by atoms with Crippen LogP contribution in [0.3, 0.4) is 0 Å². The summed E-state index contributed by atoms with van der Waals surface area (Å²) in [5.74, 6) is 1.86. The first kappa shape index (κ1) is 9.99. The smallest absolute Gasteiger partial charge is 0.134 e. The van der Waals surface area contributed by atoms with Crippen LogP contribution in [0.5, 0.6) is 0 Å². The van der Waals surface area contributed by atoms with E-state index >= 15 is 0 Å². The van der Waals surface area contributed by atoms with Crippen LogP contribution in [0.25, 0.3) is 11.3 Å². The van der Waals surface area contributed by atoms with E-state index in [-0.39, 0.29) is 0 Å². The third-order valence-electron chi connectivity index (χ3n) is 1.92. The average molecular weight is 316 g/mol. The maximum atomic E-state index is 5.60. The minimum atomic E-state index is 0.754. The van der Waals surface area contributed by atoms with Crippen LogP contribution in [0.2, 0.25) is 0 Å². The van der Waals surface area contributed by atoms with Gasteiger partial charge in [-0.25, -0.2) is 0 Å². The fraction of sp³-hybridized carbons (Fsp3) is 0.0909. The molecule has 0 amide bonds. The number of benzene rings is 1. The third-order valence-corrected chi connectivity index (χ3v) is 3.00. The number of hydrogen-bond acceptors (Lipinski definition) is 1. The van der Waals surface area contributed by atoms with Crippen molar-refractivity contribution >= 4 is 31.9 Å². The molecule has 0 N–H and O–H groups in total. The van der Waals surface area contributed by atoms with Gasteiger partial charge in [0, 0.05) is 10.0 Å². The number of alkyl halides is 1. The number of hydrogen-bond donors (Lipinski definition) is 0. The molecule has 0 radical (unpaired) electrons. The maximum absolute atomic E-state index is 5.60. The molecular formula is C11H8Br2O. The van der Waals surface area contributed by atoms with Crippen LogP contribution in [0, 0.1) is 0 Å². The second-order valence-corrected chi connectivity index (χ2v) is 4.38. The van der Waals surface area contributed by atoms with Crippen molar-refractivity contribution in [2.24, 2.45) is 0 Å². The first-order valence-electron chi connectivity index (χ1n) is 4.20. The van der Waals surface area contributed by atoms with Crippen molar-refractivity contribution in [2.75, 3.05) is 0 Å². The molecular weight excluding hydrogens is 308 g/mol. The molecule has 0 atom stereocenters. The van der Waals surface area contributed by atoms with Gasteiger partial charge in [-0.3, -0.25) is 0 Å². The molecule has 1 aromatic carbocycles. The lowest BCUT2D eigenvalue weighted by atomic mass is 10.2. The van der Waals surface area contributed by atoms with E-state index in [2.05, 4.69) is 31.9 Å². The summed E-state index contributed by atoms with van der Waals surface area (Å²) in [6.07, 6.45) is 0. The summed E-state index contributed by atoms with van der Waals surface area (Å²) in [5.41, 5.74) is 1.10. The highest BCUT2D eigenvalue weighted by Gasteiger charge is 2.02. The van der Waals surface area contributed by atoms with Gasteiger partial charge in [0.05, 0.1) is 5.33 Å². The summed E-state index contributed by atoms with van der Waals surface area (Å²) in [4.78, 5) is 0. The zero-order chi connectivity index (χ0) is 9.97. The van der Waals surface area contributed by atoms with Crippen LogP contribution in [0.4, 0.5) is 0 Å². The molecule has 0 bridgehead atoms.